The fourth-order valence-electron chi connectivity index (χ4n) is 5.87. The number of likely N-dealkylation sites (tertiary alicyclic amines) is 1. The molecule has 0 saturated carbocycles. The Morgan fingerprint density at radius 3 is 1.95 bits per heavy atom. The molecule has 0 spiro atoms. The largest absolute Gasteiger partial charge is 0.353 e. The minimum Gasteiger partial charge on any atom is -0.353 e. The molecule has 0 aromatic heterocycles. The number of piperidine rings is 1. The quantitative estimate of drug-likeness (QED) is 0.230. The Kier molecular flexibility index (Phi) is 9.84. The number of carbonyl (C=O) groups excluding carboxylic acids is 2. The topological polar surface area (TPSA) is 101 Å². The van der Waals surface area contributed by atoms with Crippen molar-refractivity contribution in [1.29, 1.82) is 0 Å². The van der Waals surface area contributed by atoms with Gasteiger partial charge in [-0.25, -0.2) is 9.59 Å². The van der Waals surface area contributed by atoms with Crippen LogP contribution in [0.4, 0.5) is 0 Å². The molecule has 8 nitrogen and oxygen atoms in total. The van der Waals surface area contributed by atoms with Crippen molar-refractivity contribution in [3.8, 4) is 0 Å². The number of halogens is 2. The highest BCUT2D eigenvalue weighted by Crippen LogP contribution is 2.43. The van der Waals surface area contributed by atoms with Crippen LogP contribution in [0.3, 0.4) is 0 Å². The average molecular weight is 687 g/mol. The predicted molar refractivity (Wildman–Crippen MR) is 156 cm³/mol. The smallest absolute Gasteiger partial charge is 0.347 e. The van der Waals surface area contributed by atoms with Gasteiger partial charge in [-0.1, -0.05) is 56.1 Å². The first-order chi connectivity index (χ1) is 18.4. The number of ether oxygens (including phenoxy) is 1. The Hall–Kier alpha value is -1.47. The van der Waals surface area contributed by atoms with E-state index in [1.807, 2.05) is 0 Å². The highest BCUT2D eigenvalue weighted by molar-refractivity contribution is 9.10. The third-order valence-corrected chi connectivity index (χ3v) is 10.0. The molecule has 39 heavy (non-hydrogen) atoms. The molecule has 4 rings (SSSR count). The van der Waals surface area contributed by atoms with Crippen molar-refractivity contribution in [3.63, 3.8) is 0 Å². The molecule has 2 aromatic rings. The van der Waals surface area contributed by atoms with E-state index in [2.05, 4.69) is 87.0 Å². The number of nitrogens with zero attached hydrogens (tertiary/aromatic N) is 2. The van der Waals surface area contributed by atoms with E-state index in [4.69, 9.17) is 4.74 Å². The molecule has 11 heteroatoms. The van der Waals surface area contributed by atoms with Crippen LogP contribution in [0.5, 0.6) is 0 Å². The first kappa shape index (κ1) is 30.5. The van der Waals surface area contributed by atoms with Crippen molar-refractivity contribution < 1.29 is 31.8 Å². The van der Waals surface area contributed by atoms with Gasteiger partial charge in [0.25, 0.3) is 0 Å². The molecule has 2 amide bonds. The second kappa shape index (κ2) is 12.6. The maximum absolute atomic E-state index is 12.6. The normalized spacial score (nSPS) is 19.1. The van der Waals surface area contributed by atoms with E-state index in [0.29, 0.717) is 18.9 Å². The second-order valence-electron chi connectivity index (χ2n) is 10.7. The molecule has 0 unspecified atom stereocenters. The molecule has 0 aliphatic carbocycles. The van der Waals surface area contributed by atoms with Gasteiger partial charge in [0, 0.05) is 27.8 Å². The summed E-state index contributed by atoms with van der Waals surface area (Å²) in [5, 5.41) is 0. The number of hydrogen-bond donors (Lipinski definition) is 1. The van der Waals surface area contributed by atoms with Crippen molar-refractivity contribution in [2.75, 3.05) is 45.3 Å². The zero-order valence-corrected chi connectivity index (χ0v) is 26.2. The molecule has 0 atom stereocenters. The van der Waals surface area contributed by atoms with Gasteiger partial charge in [0.15, 0.2) is 13.2 Å². The van der Waals surface area contributed by atoms with E-state index in [-0.39, 0.29) is 25.7 Å². The first-order valence-electron chi connectivity index (χ1n) is 13.1. The van der Waals surface area contributed by atoms with E-state index in [1.54, 1.807) is 0 Å². The number of rotatable bonds is 9. The van der Waals surface area contributed by atoms with E-state index in [9.17, 15) is 22.6 Å². The highest BCUT2D eigenvalue weighted by Gasteiger charge is 2.50. The number of imide groups is 1. The molecule has 212 valence electrons. The van der Waals surface area contributed by atoms with E-state index < -0.39 is 32.3 Å². The lowest BCUT2D eigenvalue weighted by atomic mass is 9.76. The summed E-state index contributed by atoms with van der Waals surface area (Å²) in [5.41, 5.74) is 4.94. The number of quaternary nitrogens is 1. The molecule has 0 radical (unpaired) electrons. The summed E-state index contributed by atoms with van der Waals surface area (Å²) in [6.45, 7) is 5.88. The third kappa shape index (κ3) is 7.25. The Morgan fingerprint density at radius 1 is 0.974 bits per heavy atom. The summed E-state index contributed by atoms with van der Waals surface area (Å²) in [6, 6.07) is 13.1. The van der Waals surface area contributed by atoms with Crippen LogP contribution in [0.2, 0.25) is 0 Å². The fourth-order valence-corrected chi connectivity index (χ4v) is 8.32. The van der Waals surface area contributed by atoms with Crippen LogP contribution >= 0.6 is 31.9 Å². The van der Waals surface area contributed by atoms with Crippen LogP contribution in [0.1, 0.15) is 47.4 Å². The standard InChI is InChI=1S/C28H34Br2N2O6S/c1-19-4-6-22(24(29)14-19)28(23-7-5-20(2)15-25(23)30)21-8-11-31(12-9-21)10-3-13-32(18-39(35,36)37)26(33)16-38-17-27(32)34/h4-7,14-15,21,28H,3,8-13,16-18H2,1-2H3/p+1. The molecule has 2 heterocycles. The summed E-state index contributed by atoms with van der Waals surface area (Å²) in [4.78, 5) is 27.5. The summed E-state index contributed by atoms with van der Waals surface area (Å²) >= 11 is 7.64. The van der Waals surface area contributed by atoms with Gasteiger partial charge < -0.3 is 9.64 Å². The maximum Gasteiger partial charge on any atom is 0.347 e. The average Bonchev–Trinajstić information content (AvgIpc) is 2.85. The van der Waals surface area contributed by atoms with Crippen LogP contribution in [0, 0.1) is 19.8 Å². The van der Waals surface area contributed by atoms with E-state index in [0.717, 1.165) is 34.9 Å². The number of aryl methyl sites for hydroxylation is 2. The monoisotopic (exact) mass is 685 g/mol. The van der Waals surface area contributed by atoms with Gasteiger partial charge in [-0.05, 0) is 80.1 Å². The number of morpholine rings is 1. The highest BCUT2D eigenvalue weighted by atomic mass is 79.9. The summed E-state index contributed by atoms with van der Waals surface area (Å²) in [6.07, 6.45) is 2.40. The Bertz CT molecular complexity index is 1270. The van der Waals surface area contributed by atoms with E-state index >= 15 is 0 Å². The Balaban J connectivity index is 1.45. The van der Waals surface area contributed by atoms with Crippen molar-refractivity contribution in [3.05, 3.63) is 67.6 Å². The second-order valence-corrected chi connectivity index (χ2v) is 13.9. The van der Waals surface area contributed by atoms with Crippen LogP contribution in [-0.4, -0.2) is 79.4 Å². The van der Waals surface area contributed by atoms with Gasteiger partial charge >= 0.3 is 21.9 Å². The van der Waals surface area contributed by atoms with Gasteiger partial charge in [0.1, 0.15) is 0 Å². The molecular weight excluding hydrogens is 652 g/mol. The van der Waals surface area contributed by atoms with Gasteiger partial charge in [0.2, 0.25) is 5.88 Å². The van der Waals surface area contributed by atoms with Crippen molar-refractivity contribution in [2.24, 2.45) is 5.92 Å². The summed E-state index contributed by atoms with van der Waals surface area (Å²) in [7, 11) is -4.53. The van der Waals surface area contributed by atoms with Crippen LogP contribution in [0.25, 0.3) is 0 Å². The van der Waals surface area contributed by atoms with Gasteiger partial charge in [-0.3, -0.25) is 4.55 Å². The fraction of sp³-hybridized carbons (Fsp3) is 0.500. The lowest BCUT2D eigenvalue weighted by Gasteiger charge is -2.38. The molecule has 2 aliphatic heterocycles. The van der Waals surface area contributed by atoms with Crippen molar-refractivity contribution >= 4 is 53.8 Å². The third-order valence-electron chi connectivity index (χ3n) is 7.89. The van der Waals surface area contributed by atoms with Gasteiger partial charge in [0.05, 0.1) is 6.54 Å². The molecule has 2 aromatic carbocycles. The maximum atomic E-state index is 12.6. The van der Waals surface area contributed by atoms with Crippen molar-refractivity contribution in [2.45, 2.75) is 39.0 Å². The molecular formula is C28H35Br2N2O6S+. The van der Waals surface area contributed by atoms with Crippen molar-refractivity contribution in [1.82, 2.24) is 4.90 Å². The van der Waals surface area contributed by atoms with Crippen LogP contribution < -0.4 is 0 Å². The molecule has 0 bridgehead atoms. The number of hydrogen-bond acceptors (Lipinski definition) is 6. The number of amides is 2. The summed E-state index contributed by atoms with van der Waals surface area (Å²) < 4.78 is 39.1. The minimum atomic E-state index is -4.53. The van der Waals surface area contributed by atoms with Crippen LogP contribution in [-0.2, 0) is 24.4 Å². The predicted octanol–water partition coefficient (Wildman–Crippen LogP) is 4.81. The molecule has 2 aliphatic rings. The Labute approximate surface area is 247 Å². The Morgan fingerprint density at radius 2 is 1.49 bits per heavy atom. The van der Waals surface area contributed by atoms with Gasteiger partial charge in [-0.2, -0.15) is 12.9 Å². The first-order valence-corrected chi connectivity index (χ1v) is 16.3. The summed E-state index contributed by atoms with van der Waals surface area (Å²) in [5.74, 6) is -1.56. The molecule has 2 fully saturated rings. The lowest BCUT2D eigenvalue weighted by Crippen LogP contribution is -2.65. The number of benzene rings is 2. The molecule has 2 saturated heterocycles. The zero-order chi connectivity index (χ0) is 28.4. The lowest BCUT2D eigenvalue weighted by molar-refractivity contribution is -0.772. The SMILES string of the molecule is Cc1ccc(C(c2ccc(C)cc2Br)C2CCN(CCC[N+]3(CS(=O)(=O)O)C(=O)COCC3=O)CC2)c(Br)c1. The number of carbonyl (C=O) groups is 2. The minimum absolute atomic E-state index is 0.0238. The molecule has 1 N–H and O–H groups in total. The van der Waals surface area contributed by atoms with Gasteiger partial charge in [-0.15, -0.1) is 0 Å². The van der Waals surface area contributed by atoms with Crippen LogP contribution in [0.15, 0.2) is 45.3 Å². The van der Waals surface area contributed by atoms with E-state index in [1.165, 1.54) is 22.3 Å². The zero-order valence-electron chi connectivity index (χ0n) is 22.2.